The van der Waals surface area contributed by atoms with Gasteiger partial charge in [0.25, 0.3) is 0 Å². The molecule has 0 amide bonds. The molecule has 0 atom stereocenters. The summed E-state index contributed by atoms with van der Waals surface area (Å²) >= 11 is 3.37. The zero-order valence-electron chi connectivity index (χ0n) is 7.92. The molecule has 0 spiro atoms. The Balaban J connectivity index is 0.00000144. The first kappa shape index (κ1) is 13.4. The fourth-order valence-electron chi connectivity index (χ4n) is 0.865. The molecule has 0 radical (unpaired) electrons. The van der Waals surface area contributed by atoms with E-state index >= 15 is 0 Å². The largest absolute Gasteiger partial charge is 0.494 e. The van der Waals surface area contributed by atoms with Crippen LogP contribution in [-0.4, -0.2) is 6.61 Å². The smallest absolute Gasteiger partial charge is 0.119 e. The van der Waals surface area contributed by atoms with Crippen LogP contribution in [0.15, 0.2) is 28.7 Å². The summed E-state index contributed by atoms with van der Waals surface area (Å²) < 4.78 is 6.57. The molecule has 1 aromatic rings. The van der Waals surface area contributed by atoms with Crippen LogP contribution in [0, 0.1) is 0 Å². The van der Waals surface area contributed by atoms with Crippen molar-refractivity contribution in [3.8, 4) is 5.75 Å². The molecule has 0 N–H and O–H groups in total. The summed E-state index contributed by atoms with van der Waals surface area (Å²) in [5.74, 6) is 0.951. The fraction of sp³-hybridized carbons (Fsp3) is 0.400. The fourth-order valence-corrected chi connectivity index (χ4v) is 1.13. The molecule has 0 aliphatic heterocycles. The molecule has 13 heavy (non-hydrogen) atoms. The van der Waals surface area contributed by atoms with Crippen LogP contribution >= 0.6 is 15.9 Å². The molecule has 1 nitrogen and oxygen atoms in total. The molecule has 0 aromatic heterocycles. The van der Waals surface area contributed by atoms with E-state index in [-0.39, 0.29) is 27.7 Å². The maximum Gasteiger partial charge on any atom is 0.119 e. The van der Waals surface area contributed by atoms with Crippen molar-refractivity contribution in [3.63, 3.8) is 0 Å². The average Bonchev–Trinajstić information content (AvgIpc) is 2.09. The topological polar surface area (TPSA) is 9.23 Å². The first-order valence-corrected chi connectivity index (χ1v) is 5.00. The molecule has 68 valence electrons. The van der Waals surface area contributed by atoms with Gasteiger partial charge in [0.1, 0.15) is 5.75 Å². The van der Waals surface area contributed by atoms with Crippen LogP contribution in [0.5, 0.6) is 5.75 Å². The summed E-state index contributed by atoms with van der Waals surface area (Å²) in [6.45, 7) is 2.98. The second kappa shape index (κ2) is 7.80. The van der Waals surface area contributed by atoms with Gasteiger partial charge in [-0.15, -0.1) is 0 Å². The van der Waals surface area contributed by atoms with Gasteiger partial charge in [0.05, 0.1) is 6.61 Å². The normalized spacial score (nSPS) is 9.08. The van der Waals surface area contributed by atoms with Crippen LogP contribution in [0.25, 0.3) is 0 Å². The first-order valence-electron chi connectivity index (χ1n) is 4.21. The maximum atomic E-state index is 5.48. The van der Waals surface area contributed by atoms with Gasteiger partial charge in [0, 0.05) is 32.1 Å². The molecule has 0 aliphatic rings. The van der Waals surface area contributed by atoms with Crippen LogP contribution in [0.4, 0.5) is 0 Å². The summed E-state index contributed by atoms with van der Waals surface area (Å²) in [7, 11) is 0. The minimum absolute atomic E-state index is 0. The third kappa shape index (κ3) is 5.68. The zero-order valence-corrected chi connectivity index (χ0v) is 15.0. The molecule has 0 saturated carbocycles. The Kier molecular flexibility index (Phi) is 8.06. The quantitative estimate of drug-likeness (QED) is 0.525. The van der Waals surface area contributed by atoms with Gasteiger partial charge in [-0.3, -0.25) is 0 Å². The van der Waals surface area contributed by atoms with E-state index in [0.29, 0.717) is 0 Å². The minimum Gasteiger partial charge on any atom is -0.494 e. The van der Waals surface area contributed by atoms with Gasteiger partial charge in [-0.05, 0) is 30.7 Å². The molecule has 0 aliphatic carbocycles. The van der Waals surface area contributed by atoms with Crippen molar-refractivity contribution in [1.82, 2.24) is 0 Å². The van der Waals surface area contributed by atoms with Gasteiger partial charge in [-0.25, -0.2) is 0 Å². The van der Waals surface area contributed by atoms with E-state index in [2.05, 4.69) is 22.9 Å². The van der Waals surface area contributed by atoms with Crippen LogP contribution in [-0.2, 0) is 27.7 Å². The van der Waals surface area contributed by atoms with E-state index in [9.17, 15) is 0 Å². The molecule has 1 rings (SSSR count). The standard InChI is InChI=1S/C10H13BrO.Hg/c1-2-3-8-12-10-6-4-9(11)5-7-10;/h4-7H,2-3,8H2,1H3;. The van der Waals surface area contributed by atoms with E-state index in [1.807, 2.05) is 24.3 Å². The summed E-state index contributed by atoms with van der Waals surface area (Å²) in [6, 6.07) is 7.92. The van der Waals surface area contributed by atoms with Gasteiger partial charge in [-0.2, -0.15) is 0 Å². The predicted octanol–water partition coefficient (Wildman–Crippen LogP) is 3.63. The summed E-state index contributed by atoms with van der Waals surface area (Å²) in [4.78, 5) is 0. The minimum atomic E-state index is 0. The Labute approximate surface area is 109 Å². The number of benzene rings is 1. The van der Waals surface area contributed by atoms with Crippen molar-refractivity contribution in [2.45, 2.75) is 19.8 Å². The molecule has 0 fully saturated rings. The van der Waals surface area contributed by atoms with Crippen LogP contribution in [0.1, 0.15) is 19.8 Å². The summed E-state index contributed by atoms with van der Waals surface area (Å²) in [5, 5.41) is 0. The Morgan fingerprint density at radius 1 is 1.23 bits per heavy atom. The van der Waals surface area contributed by atoms with Crippen LogP contribution in [0.2, 0.25) is 0 Å². The van der Waals surface area contributed by atoms with Gasteiger partial charge in [0.2, 0.25) is 0 Å². The Bertz CT molecular complexity index is 223. The van der Waals surface area contributed by atoms with Gasteiger partial charge in [0.15, 0.2) is 0 Å². The van der Waals surface area contributed by atoms with E-state index in [0.717, 1.165) is 23.2 Å². The Morgan fingerprint density at radius 3 is 2.38 bits per heavy atom. The first-order chi connectivity index (χ1) is 5.83. The van der Waals surface area contributed by atoms with Crippen molar-refractivity contribution >= 4 is 15.9 Å². The third-order valence-electron chi connectivity index (χ3n) is 1.58. The van der Waals surface area contributed by atoms with Crippen molar-refractivity contribution < 1.29 is 32.4 Å². The van der Waals surface area contributed by atoms with Crippen molar-refractivity contribution in [2.24, 2.45) is 0 Å². The molecule has 0 saturated heterocycles. The van der Waals surface area contributed by atoms with Crippen LogP contribution < -0.4 is 4.74 Å². The molecule has 1 aromatic carbocycles. The van der Waals surface area contributed by atoms with Crippen molar-refractivity contribution in [3.05, 3.63) is 28.7 Å². The molecule has 0 unspecified atom stereocenters. The van der Waals surface area contributed by atoms with Gasteiger partial charge < -0.3 is 4.74 Å². The molecule has 3 heteroatoms. The molecule has 0 heterocycles. The summed E-state index contributed by atoms with van der Waals surface area (Å²) in [6.07, 6.45) is 2.30. The predicted molar refractivity (Wildman–Crippen MR) is 54.5 cm³/mol. The van der Waals surface area contributed by atoms with E-state index < -0.39 is 0 Å². The number of ether oxygens (including phenoxy) is 1. The number of hydrogen-bond donors (Lipinski definition) is 0. The number of halogens is 1. The Hall–Kier alpha value is 0.435. The molecular formula is C10H13BrHgO. The van der Waals surface area contributed by atoms with Crippen LogP contribution in [0.3, 0.4) is 0 Å². The number of hydrogen-bond acceptors (Lipinski definition) is 1. The van der Waals surface area contributed by atoms with Gasteiger partial charge in [-0.1, -0.05) is 29.3 Å². The van der Waals surface area contributed by atoms with Gasteiger partial charge >= 0.3 is 0 Å². The molecular weight excluding hydrogens is 417 g/mol. The summed E-state index contributed by atoms with van der Waals surface area (Å²) in [5.41, 5.74) is 0. The zero-order chi connectivity index (χ0) is 8.81. The second-order valence-corrected chi connectivity index (χ2v) is 3.57. The SMILES string of the molecule is CCCCOc1ccc(Br)cc1.[Hg]. The van der Waals surface area contributed by atoms with Crippen molar-refractivity contribution in [1.29, 1.82) is 0 Å². The number of rotatable bonds is 4. The van der Waals surface area contributed by atoms with E-state index in [1.54, 1.807) is 0 Å². The maximum absolute atomic E-state index is 5.48. The average molecular weight is 430 g/mol. The second-order valence-electron chi connectivity index (χ2n) is 2.66. The van der Waals surface area contributed by atoms with E-state index in [4.69, 9.17) is 4.74 Å². The van der Waals surface area contributed by atoms with E-state index in [1.165, 1.54) is 6.42 Å². The number of unbranched alkanes of at least 4 members (excludes halogenated alkanes) is 1. The molecule has 0 bridgehead atoms. The monoisotopic (exact) mass is 430 g/mol. The Morgan fingerprint density at radius 2 is 1.85 bits per heavy atom. The third-order valence-corrected chi connectivity index (χ3v) is 2.11. The van der Waals surface area contributed by atoms with Crippen molar-refractivity contribution in [2.75, 3.05) is 6.61 Å².